The lowest BCUT2D eigenvalue weighted by molar-refractivity contribution is 0.0981. The number of benzene rings is 4. The molecule has 5 rings (SSSR count). The van der Waals surface area contributed by atoms with Gasteiger partial charge >= 0.3 is 0 Å². The van der Waals surface area contributed by atoms with E-state index >= 15 is 0 Å². The van der Waals surface area contributed by atoms with Crippen molar-refractivity contribution in [3.8, 4) is 11.1 Å². The van der Waals surface area contributed by atoms with Crippen molar-refractivity contribution in [3.05, 3.63) is 124 Å². The van der Waals surface area contributed by atoms with E-state index in [1.807, 2.05) is 42.5 Å². The van der Waals surface area contributed by atoms with Gasteiger partial charge in [0.05, 0.1) is 17.7 Å². The Kier molecular flexibility index (Phi) is 5.42. The first-order valence-electron chi connectivity index (χ1n) is 10.8. The number of anilines is 1. The van der Waals surface area contributed by atoms with Gasteiger partial charge in [0.2, 0.25) is 0 Å². The molecule has 1 aliphatic heterocycles. The maximum absolute atomic E-state index is 14.8. The van der Waals surface area contributed by atoms with Crippen molar-refractivity contribution >= 4 is 17.5 Å². The highest BCUT2D eigenvalue weighted by atomic mass is 19.1. The number of para-hydroxylation sites is 1. The molecule has 0 fully saturated rings. The van der Waals surface area contributed by atoms with Gasteiger partial charge in [0.25, 0.3) is 11.8 Å². The molecule has 1 heterocycles. The highest BCUT2D eigenvalue weighted by Gasteiger charge is 2.25. The third-order valence-electron chi connectivity index (χ3n) is 6.13. The Morgan fingerprint density at radius 3 is 2.12 bits per heavy atom. The third kappa shape index (κ3) is 3.73. The normalized spacial score (nSPS) is 12.5. The number of halogens is 2. The Morgan fingerprint density at radius 2 is 1.41 bits per heavy atom. The lowest BCUT2D eigenvalue weighted by Crippen LogP contribution is -2.30. The summed E-state index contributed by atoms with van der Waals surface area (Å²) in [5.74, 6) is -3.04. The van der Waals surface area contributed by atoms with Crippen LogP contribution < -0.4 is 10.6 Å². The molecule has 0 unspecified atom stereocenters. The molecule has 0 saturated carbocycles. The van der Waals surface area contributed by atoms with E-state index in [4.69, 9.17) is 5.73 Å². The van der Waals surface area contributed by atoms with E-state index in [0.717, 1.165) is 35.4 Å². The van der Waals surface area contributed by atoms with E-state index in [-0.39, 0.29) is 17.0 Å². The molecular weight excluding hydrogens is 434 g/mol. The summed E-state index contributed by atoms with van der Waals surface area (Å²) in [4.78, 5) is 26.8. The second-order valence-corrected chi connectivity index (χ2v) is 8.19. The fourth-order valence-corrected chi connectivity index (χ4v) is 4.39. The molecule has 0 spiro atoms. The van der Waals surface area contributed by atoms with E-state index in [2.05, 4.69) is 6.07 Å². The predicted octanol–water partition coefficient (Wildman–Crippen LogP) is 5.48. The first-order chi connectivity index (χ1) is 16.4. The summed E-state index contributed by atoms with van der Waals surface area (Å²) in [5.41, 5.74) is 9.14. The van der Waals surface area contributed by atoms with E-state index < -0.39 is 23.1 Å². The minimum Gasteiger partial charge on any atom is -0.366 e. The van der Waals surface area contributed by atoms with Crippen LogP contribution in [0.3, 0.4) is 0 Å². The number of rotatable bonds is 3. The molecule has 34 heavy (non-hydrogen) atoms. The summed E-state index contributed by atoms with van der Waals surface area (Å²) >= 11 is 0. The van der Waals surface area contributed by atoms with Crippen molar-refractivity contribution in [1.29, 1.82) is 0 Å². The number of hydrogen-bond donors (Lipinski definition) is 1. The maximum Gasteiger partial charge on any atom is 0.258 e. The number of nitrogens with zero attached hydrogens (tertiary/aromatic N) is 1. The zero-order valence-corrected chi connectivity index (χ0v) is 18.1. The van der Waals surface area contributed by atoms with Gasteiger partial charge in [0, 0.05) is 11.3 Å². The zero-order chi connectivity index (χ0) is 23.8. The Bertz CT molecular complexity index is 1430. The van der Waals surface area contributed by atoms with Crippen LogP contribution in [0.2, 0.25) is 0 Å². The summed E-state index contributed by atoms with van der Waals surface area (Å²) in [6, 6.07) is 23.8. The summed E-state index contributed by atoms with van der Waals surface area (Å²) in [5, 5.41) is 0. The molecule has 0 aliphatic carbocycles. The molecule has 4 aromatic rings. The summed E-state index contributed by atoms with van der Waals surface area (Å²) < 4.78 is 29.2. The van der Waals surface area contributed by atoms with Crippen LogP contribution in [0.4, 0.5) is 14.5 Å². The molecule has 6 heteroatoms. The fraction of sp³-hybridized carbons (Fsp3) is 0.0714. The van der Waals surface area contributed by atoms with Gasteiger partial charge in [-0.25, -0.2) is 8.78 Å². The van der Waals surface area contributed by atoms with E-state index in [1.165, 1.54) is 29.8 Å². The number of primary amides is 1. The van der Waals surface area contributed by atoms with Crippen molar-refractivity contribution in [2.75, 3.05) is 4.90 Å². The second kappa shape index (κ2) is 8.56. The second-order valence-electron chi connectivity index (χ2n) is 8.19. The van der Waals surface area contributed by atoms with Crippen molar-refractivity contribution in [3.63, 3.8) is 0 Å². The van der Waals surface area contributed by atoms with Crippen LogP contribution in [0.1, 0.15) is 37.4 Å². The number of carbonyl (C=O) groups is 2. The maximum atomic E-state index is 14.8. The average molecular weight is 454 g/mol. The fourth-order valence-electron chi connectivity index (χ4n) is 4.39. The van der Waals surface area contributed by atoms with Crippen LogP contribution in [0, 0.1) is 11.6 Å². The molecule has 168 valence electrons. The van der Waals surface area contributed by atoms with E-state index in [0.29, 0.717) is 12.1 Å². The van der Waals surface area contributed by atoms with Crippen LogP contribution in [-0.2, 0) is 13.0 Å². The number of fused-ring (bicyclic) bond motifs is 2. The monoisotopic (exact) mass is 454 g/mol. The molecule has 0 atom stereocenters. The smallest absolute Gasteiger partial charge is 0.258 e. The minimum atomic E-state index is -1.02. The summed E-state index contributed by atoms with van der Waals surface area (Å²) in [6.45, 7) is 0.414. The molecule has 0 bridgehead atoms. The van der Waals surface area contributed by atoms with Crippen molar-refractivity contribution in [1.82, 2.24) is 0 Å². The minimum absolute atomic E-state index is 0.205. The third-order valence-corrected chi connectivity index (χ3v) is 6.13. The van der Waals surface area contributed by atoms with Gasteiger partial charge in [-0.3, -0.25) is 9.59 Å². The van der Waals surface area contributed by atoms with Gasteiger partial charge < -0.3 is 10.6 Å². The highest BCUT2D eigenvalue weighted by Crippen LogP contribution is 2.33. The van der Waals surface area contributed by atoms with Gasteiger partial charge in [-0.1, -0.05) is 54.6 Å². The molecule has 4 nitrogen and oxygen atoms in total. The molecule has 2 amide bonds. The standard InChI is InChI=1S/C28H20F2N2O2/c29-23-14-13-22(27(31)33)26(30)25(23)17-9-11-18(12-10-17)28(34)32-16-21-7-2-1-5-19(21)15-20-6-3-4-8-24(20)32/h1-14H,15-16H2,(H2,31,33). The topological polar surface area (TPSA) is 63.4 Å². The predicted molar refractivity (Wildman–Crippen MR) is 127 cm³/mol. The van der Waals surface area contributed by atoms with Crippen molar-refractivity contribution in [2.24, 2.45) is 5.73 Å². The highest BCUT2D eigenvalue weighted by molar-refractivity contribution is 6.07. The van der Waals surface area contributed by atoms with Gasteiger partial charge in [-0.05, 0) is 59.0 Å². The SMILES string of the molecule is NC(=O)c1ccc(F)c(-c2ccc(C(=O)N3Cc4ccccc4Cc4ccccc43)cc2)c1F. The molecule has 2 N–H and O–H groups in total. The quantitative estimate of drug-likeness (QED) is 0.445. The van der Waals surface area contributed by atoms with Crippen LogP contribution >= 0.6 is 0 Å². The summed E-state index contributed by atoms with van der Waals surface area (Å²) in [6.07, 6.45) is 0.726. The number of hydrogen-bond acceptors (Lipinski definition) is 2. The van der Waals surface area contributed by atoms with Crippen LogP contribution in [0.5, 0.6) is 0 Å². The van der Waals surface area contributed by atoms with Gasteiger partial charge in [0.1, 0.15) is 11.6 Å². The number of carbonyl (C=O) groups excluding carboxylic acids is 2. The van der Waals surface area contributed by atoms with Gasteiger partial charge in [0.15, 0.2) is 0 Å². The zero-order valence-electron chi connectivity index (χ0n) is 18.1. The molecule has 4 aromatic carbocycles. The van der Waals surface area contributed by atoms with E-state index in [9.17, 15) is 18.4 Å². The largest absolute Gasteiger partial charge is 0.366 e. The Hall–Kier alpha value is -4.32. The Morgan fingerprint density at radius 1 is 0.765 bits per heavy atom. The van der Waals surface area contributed by atoms with Gasteiger partial charge in [-0.15, -0.1) is 0 Å². The van der Waals surface area contributed by atoms with Crippen LogP contribution in [0.25, 0.3) is 11.1 Å². The number of nitrogens with two attached hydrogens (primary N) is 1. The first kappa shape index (κ1) is 21.5. The molecular formula is C28H20F2N2O2. The Balaban J connectivity index is 1.52. The average Bonchev–Trinajstić information content (AvgIpc) is 3.00. The van der Waals surface area contributed by atoms with Crippen molar-refractivity contribution in [2.45, 2.75) is 13.0 Å². The van der Waals surface area contributed by atoms with Crippen LogP contribution in [0.15, 0.2) is 84.9 Å². The Labute approximate surface area is 195 Å². The van der Waals surface area contributed by atoms with Gasteiger partial charge in [-0.2, -0.15) is 0 Å². The van der Waals surface area contributed by atoms with E-state index in [1.54, 1.807) is 4.90 Å². The molecule has 0 radical (unpaired) electrons. The number of amides is 2. The van der Waals surface area contributed by atoms with Crippen molar-refractivity contribution < 1.29 is 18.4 Å². The first-order valence-corrected chi connectivity index (χ1v) is 10.8. The lowest BCUT2D eigenvalue weighted by Gasteiger charge is -2.23. The lowest BCUT2D eigenvalue weighted by atomic mass is 9.99. The summed E-state index contributed by atoms with van der Waals surface area (Å²) in [7, 11) is 0. The molecule has 0 saturated heterocycles. The molecule has 1 aliphatic rings. The molecule has 0 aromatic heterocycles. The van der Waals surface area contributed by atoms with Crippen LogP contribution in [-0.4, -0.2) is 11.8 Å².